The molecule has 82 valence electrons. The van der Waals surface area contributed by atoms with Crippen molar-refractivity contribution in [3.05, 3.63) is 34.5 Å². The van der Waals surface area contributed by atoms with E-state index >= 15 is 0 Å². The summed E-state index contributed by atoms with van der Waals surface area (Å²) in [5, 5.41) is 0. The molecule has 0 radical (unpaired) electrons. The Bertz CT molecular complexity index is 413. The van der Waals surface area contributed by atoms with Gasteiger partial charge >= 0.3 is 5.97 Å². The fourth-order valence-corrected chi connectivity index (χ4v) is 1.33. The van der Waals surface area contributed by atoms with Crippen LogP contribution in [0.5, 0.6) is 0 Å². The van der Waals surface area contributed by atoms with Gasteiger partial charge in [-0.2, -0.15) is 0 Å². The van der Waals surface area contributed by atoms with Gasteiger partial charge in [-0.25, -0.2) is 9.18 Å². The van der Waals surface area contributed by atoms with E-state index in [9.17, 15) is 14.0 Å². The molecule has 0 saturated heterocycles. The number of carbonyl (C=O) groups excluding carboxylic acids is 1. The summed E-state index contributed by atoms with van der Waals surface area (Å²) in [5.41, 5.74) is -0.423. The first kappa shape index (κ1) is 11.4. The lowest BCUT2D eigenvalue weighted by molar-refractivity contribution is -0.144. The average molecular weight is 213 g/mol. The molecule has 0 aliphatic rings. The zero-order valence-corrected chi connectivity index (χ0v) is 8.57. The molecule has 0 fully saturated rings. The lowest BCUT2D eigenvalue weighted by atomic mass is 10.2. The molecule has 5 heteroatoms. The lowest BCUT2D eigenvalue weighted by Crippen LogP contribution is -2.29. The molecule has 0 aromatic carbocycles. The van der Waals surface area contributed by atoms with Crippen molar-refractivity contribution in [1.82, 2.24) is 4.57 Å². The van der Waals surface area contributed by atoms with Gasteiger partial charge in [-0.3, -0.25) is 9.36 Å². The van der Waals surface area contributed by atoms with Gasteiger partial charge in [0.1, 0.15) is 11.9 Å². The predicted molar refractivity (Wildman–Crippen MR) is 52.0 cm³/mol. The molecule has 0 N–H and O–H groups in total. The Hall–Kier alpha value is -1.65. The van der Waals surface area contributed by atoms with Crippen LogP contribution in [0.15, 0.2) is 23.1 Å². The molecular formula is C10H12FNO3. The van der Waals surface area contributed by atoms with Gasteiger partial charge in [0.15, 0.2) is 0 Å². The number of pyridine rings is 1. The zero-order chi connectivity index (χ0) is 11.4. The number of hydrogen-bond donors (Lipinski definition) is 0. The molecule has 1 atom stereocenters. The predicted octanol–water partition coefficient (Wildman–Crippen LogP) is 1.11. The Morgan fingerprint density at radius 3 is 2.80 bits per heavy atom. The van der Waals surface area contributed by atoms with Crippen LogP contribution in [0.1, 0.15) is 19.4 Å². The van der Waals surface area contributed by atoms with E-state index in [-0.39, 0.29) is 0 Å². The molecule has 0 aliphatic heterocycles. The van der Waals surface area contributed by atoms with Gasteiger partial charge < -0.3 is 4.74 Å². The van der Waals surface area contributed by atoms with E-state index in [1.54, 1.807) is 6.92 Å². The fraction of sp³-hybridized carbons (Fsp3) is 0.400. The minimum absolute atomic E-state index is 0.371. The van der Waals surface area contributed by atoms with Crippen molar-refractivity contribution in [3.8, 4) is 0 Å². The molecule has 0 amide bonds. The Balaban J connectivity index is 3.17. The fourth-order valence-electron chi connectivity index (χ4n) is 1.33. The summed E-state index contributed by atoms with van der Waals surface area (Å²) >= 11 is 0. The van der Waals surface area contributed by atoms with Gasteiger partial charge in [-0.15, -0.1) is 0 Å². The van der Waals surface area contributed by atoms with Crippen molar-refractivity contribution in [3.63, 3.8) is 0 Å². The van der Waals surface area contributed by atoms with E-state index in [1.807, 2.05) is 0 Å². The molecule has 0 aliphatic carbocycles. The van der Waals surface area contributed by atoms with Gasteiger partial charge in [0, 0.05) is 12.3 Å². The molecule has 1 aromatic heterocycles. The quantitative estimate of drug-likeness (QED) is 0.707. The summed E-state index contributed by atoms with van der Waals surface area (Å²) in [4.78, 5) is 22.7. The van der Waals surface area contributed by atoms with Crippen LogP contribution < -0.4 is 5.56 Å². The molecule has 1 aromatic rings. The van der Waals surface area contributed by atoms with Crippen molar-refractivity contribution < 1.29 is 13.9 Å². The number of carbonyl (C=O) groups is 1. The number of esters is 1. The Morgan fingerprint density at radius 1 is 1.60 bits per heavy atom. The maximum atomic E-state index is 12.9. The van der Waals surface area contributed by atoms with Gasteiger partial charge in [0.2, 0.25) is 0 Å². The molecule has 1 rings (SSSR count). The SMILES string of the molecule is CCC(C(=O)OC)n1cc(F)ccc1=O. The molecule has 0 spiro atoms. The van der Waals surface area contributed by atoms with E-state index in [0.29, 0.717) is 6.42 Å². The van der Waals surface area contributed by atoms with Crippen molar-refractivity contribution in [1.29, 1.82) is 0 Å². The molecule has 1 unspecified atom stereocenters. The second-order valence-electron chi connectivity index (χ2n) is 3.04. The van der Waals surface area contributed by atoms with Gasteiger partial charge in [0.25, 0.3) is 5.56 Å². The van der Waals surface area contributed by atoms with Gasteiger partial charge in [-0.1, -0.05) is 6.92 Å². The van der Waals surface area contributed by atoms with Crippen LogP contribution in [0.3, 0.4) is 0 Å². The van der Waals surface area contributed by atoms with Gasteiger partial charge in [0.05, 0.1) is 7.11 Å². The number of nitrogens with zero attached hydrogens (tertiary/aromatic N) is 1. The van der Waals surface area contributed by atoms with Crippen LogP contribution in [0, 0.1) is 5.82 Å². The molecule has 0 saturated carbocycles. The first-order valence-electron chi connectivity index (χ1n) is 4.55. The summed E-state index contributed by atoms with van der Waals surface area (Å²) in [6, 6.07) is 1.38. The molecule has 4 nitrogen and oxygen atoms in total. The van der Waals surface area contributed by atoms with Crippen LogP contribution >= 0.6 is 0 Å². The van der Waals surface area contributed by atoms with E-state index in [4.69, 9.17) is 0 Å². The van der Waals surface area contributed by atoms with E-state index < -0.39 is 23.4 Å². The number of halogens is 1. The highest BCUT2D eigenvalue weighted by atomic mass is 19.1. The van der Waals surface area contributed by atoms with Crippen LogP contribution in [0.25, 0.3) is 0 Å². The number of methoxy groups -OCH3 is 1. The summed E-state index contributed by atoms with van der Waals surface area (Å²) in [7, 11) is 1.23. The molecule has 0 bridgehead atoms. The highest BCUT2D eigenvalue weighted by Crippen LogP contribution is 2.10. The lowest BCUT2D eigenvalue weighted by Gasteiger charge is -2.15. The smallest absolute Gasteiger partial charge is 0.328 e. The van der Waals surface area contributed by atoms with E-state index in [0.717, 1.165) is 22.9 Å². The first-order chi connectivity index (χ1) is 7.10. The second kappa shape index (κ2) is 4.72. The third-order valence-corrected chi connectivity index (χ3v) is 2.10. The Kier molecular flexibility index (Phi) is 3.60. The van der Waals surface area contributed by atoms with Crippen molar-refractivity contribution >= 4 is 5.97 Å². The van der Waals surface area contributed by atoms with Crippen LogP contribution in [0.2, 0.25) is 0 Å². The highest BCUT2D eigenvalue weighted by Gasteiger charge is 2.19. The monoisotopic (exact) mass is 213 g/mol. The zero-order valence-electron chi connectivity index (χ0n) is 8.57. The third kappa shape index (κ3) is 2.43. The minimum Gasteiger partial charge on any atom is -0.467 e. The molecular weight excluding hydrogens is 201 g/mol. The number of hydrogen-bond acceptors (Lipinski definition) is 3. The van der Waals surface area contributed by atoms with Crippen LogP contribution in [0.4, 0.5) is 4.39 Å². The maximum Gasteiger partial charge on any atom is 0.328 e. The average Bonchev–Trinajstić information content (AvgIpc) is 2.23. The summed E-state index contributed by atoms with van der Waals surface area (Å²) in [6.45, 7) is 1.72. The maximum absolute atomic E-state index is 12.9. The Labute approximate surface area is 86.3 Å². The summed E-state index contributed by atoms with van der Waals surface area (Å²) in [6.07, 6.45) is 1.38. The highest BCUT2D eigenvalue weighted by molar-refractivity contribution is 5.73. The van der Waals surface area contributed by atoms with Crippen molar-refractivity contribution in [2.24, 2.45) is 0 Å². The van der Waals surface area contributed by atoms with Gasteiger partial charge in [-0.05, 0) is 12.5 Å². The van der Waals surface area contributed by atoms with Crippen LogP contribution in [-0.2, 0) is 9.53 Å². The standard InChI is InChI=1S/C10H12FNO3/c1-3-8(10(14)15-2)12-6-7(11)4-5-9(12)13/h4-6,8H,3H2,1-2H3. The second-order valence-corrected chi connectivity index (χ2v) is 3.04. The normalized spacial score (nSPS) is 12.2. The topological polar surface area (TPSA) is 48.3 Å². The number of ether oxygens (including phenoxy) is 1. The first-order valence-corrected chi connectivity index (χ1v) is 4.55. The van der Waals surface area contributed by atoms with E-state index in [2.05, 4.69) is 4.74 Å². The van der Waals surface area contributed by atoms with Crippen molar-refractivity contribution in [2.75, 3.05) is 7.11 Å². The minimum atomic E-state index is -0.766. The number of rotatable bonds is 3. The summed E-state index contributed by atoms with van der Waals surface area (Å²) < 4.78 is 18.5. The molecule has 1 heterocycles. The van der Waals surface area contributed by atoms with E-state index in [1.165, 1.54) is 7.11 Å². The summed E-state index contributed by atoms with van der Waals surface area (Å²) in [5.74, 6) is -1.11. The molecule has 15 heavy (non-hydrogen) atoms. The third-order valence-electron chi connectivity index (χ3n) is 2.10. The van der Waals surface area contributed by atoms with Crippen molar-refractivity contribution in [2.45, 2.75) is 19.4 Å². The largest absolute Gasteiger partial charge is 0.467 e. The number of aromatic nitrogens is 1. The Morgan fingerprint density at radius 2 is 2.27 bits per heavy atom. The van der Waals surface area contributed by atoms with Crippen LogP contribution in [-0.4, -0.2) is 17.6 Å².